The molecule has 0 bridgehead atoms. The zero-order valence-corrected chi connectivity index (χ0v) is 24.6. The third kappa shape index (κ3) is 5.65. The summed E-state index contributed by atoms with van der Waals surface area (Å²) in [6.07, 6.45) is 1.76. The molecular formula is C33H30N4O7. The van der Waals surface area contributed by atoms with Gasteiger partial charge in [-0.25, -0.2) is 9.78 Å². The van der Waals surface area contributed by atoms with Gasteiger partial charge in [0.2, 0.25) is 5.75 Å². The number of ether oxygens (including phenoxy) is 4. The number of carbonyl (C=O) groups is 2. The van der Waals surface area contributed by atoms with Crippen molar-refractivity contribution in [1.82, 2.24) is 14.9 Å². The number of carboxylic acids is 1. The fraction of sp³-hybridized carbons (Fsp3) is 0.212. The summed E-state index contributed by atoms with van der Waals surface area (Å²) in [4.78, 5) is 31.1. The molecule has 0 aliphatic heterocycles. The number of aliphatic carboxylic acids is 1. The van der Waals surface area contributed by atoms with Gasteiger partial charge in [0.15, 0.2) is 11.5 Å². The van der Waals surface area contributed by atoms with Crippen molar-refractivity contribution in [2.45, 2.75) is 19.0 Å². The van der Waals surface area contributed by atoms with Crippen LogP contribution in [0.15, 0.2) is 66.9 Å². The maximum absolute atomic E-state index is 13.9. The van der Waals surface area contributed by atoms with Crippen molar-refractivity contribution in [2.75, 3.05) is 28.4 Å². The number of nitriles is 1. The number of fused-ring (bicyclic) bond motifs is 2. The SMILES string of the molecule is COc1ccc2nc(-c3cc(OC)c(OC)c(OC)c3)cc(C(=O)NC(Cc3cn(CC#N)c4ccccc34)C(=O)O)c2c1. The highest BCUT2D eigenvalue weighted by Crippen LogP contribution is 2.41. The Hall–Kier alpha value is -5.76. The lowest BCUT2D eigenvalue weighted by Crippen LogP contribution is -2.42. The first-order valence-electron chi connectivity index (χ1n) is 13.6. The molecule has 1 unspecified atom stereocenters. The summed E-state index contributed by atoms with van der Waals surface area (Å²) in [5, 5.41) is 23.4. The molecule has 0 saturated carbocycles. The number of methoxy groups -OCH3 is 4. The summed E-state index contributed by atoms with van der Waals surface area (Å²) in [5.41, 5.74) is 3.22. The number of para-hydroxylation sites is 1. The highest BCUT2D eigenvalue weighted by Gasteiger charge is 2.25. The minimum atomic E-state index is -1.26. The number of carbonyl (C=O) groups excluding carboxylic acids is 1. The zero-order chi connectivity index (χ0) is 31.4. The second-order valence-electron chi connectivity index (χ2n) is 9.88. The molecule has 11 heteroatoms. The molecular weight excluding hydrogens is 564 g/mol. The second kappa shape index (κ2) is 12.6. The first-order valence-corrected chi connectivity index (χ1v) is 13.6. The van der Waals surface area contributed by atoms with E-state index in [1.807, 2.05) is 24.3 Å². The summed E-state index contributed by atoms with van der Waals surface area (Å²) < 4.78 is 23.6. The molecule has 0 aliphatic carbocycles. The number of benzene rings is 3. The maximum Gasteiger partial charge on any atom is 0.326 e. The van der Waals surface area contributed by atoms with Crippen LogP contribution in [0.4, 0.5) is 0 Å². The molecule has 1 atom stereocenters. The first-order chi connectivity index (χ1) is 21.3. The Labute approximate surface area is 253 Å². The van der Waals surface area contributed by atoms with Crippen LogP contribution < -0.4 is 24.3 Å². The lowest BCUT2D eigenvalue weighted by atomic mass is 10.0. The summed E-state index contributed by atoms with van der Waals surface area (Å²) in [7, 11) is 6.03. The molecule has 2 aromatic heterocycles. The van der Waals surface area contributed by atoms with Crippen LogP contribution in [0.3, 0.4) is 0 Å². The fourth-order valence-corrected chi connectivity index (χ4v) is 5.25. The molecule has 5 rings (SSSR count). The summed E-state index contributed by atoms with van der Waals surface area (Å²) in [6, 6.07) is 18.5. The van der Waals surface area contributed by atoms with Gasteiger partial charge in [0.25, 0.3) is 5.91 Å². The number of hydrogen-bond donors (Lipinski definition) is 2. The number of amides is 1. The molecule has 5 aromatic rings. The standard InChI is InChI=1S/C33H30N4O7/c1-41-21-9-10-25-23(16-21)24(17-26(35-25)19-14-29(42-2)31(44-4)30(15-19)43-3)32(38)36-27(33(39)40)13-20-18-37(12-11-34)28-8-6-5-7-22(20)28/h5-10,14-18,27H,12-13H2,1-4H3,(H,36,38)(H,39,40). The first kappa shape index (κ1) is 29.7. The number of rotatable bonds is 11. The van der Waals surface area contributed by atoms with Crippen molar-refractivity contribution in [3.05, 3.63) is 78.0 Å². The van der Waals surface area contributed by atoms with Crippen LogP contribution in [0, 0.1) is 11.3 Å². The van der Waals surface area contributed by atoms with Crippen molar-refractivity contribution in [3.63, 3.8) is 0 Å². The number of hydrogen-bond acceptors (Lipinski definition) is 8. The zero-order valence-electron chi connectivity index (χ0n) is 24.6. The van der Waals surface area contributed by atoms with Gasteiger partial charge in [-0.15, -0.1) is 0 Å². The molecule has 2 N–H and O–H groups in total. The molecule has 11 nitrogen and oxygen atoms in total. The van der Waals surface area contributed by atoms with Crippen LogP contribution in [0.5, 0.6) is 23.0 Å². The Morgan fingerprint density at radius 3 is 2.32 bits per heavy atom. The van der Waals surface area contributed by atoms with Gasteiger partial charge in [-0.3, -0.25) is 4.79 Å². The Morgan fingerprint density at radius 1 is 0.955 bits per heavy atom. The van der Waals surface area contributed by atoms with E-state index < -0.39 is 17.9 Å². The third-order valence-electron chi connectivity index (χ3n) is 7.36. The van der Waals surface area contributed by atoms with Crippen LogP contribution in [0.1, 0.15) is 15.9 Å². The Balaban J connectivity index is 1.58. The van der Waals surface area contributed by atoms with E-state index in [-0.39, 0.29) is 18.5 Å². The number of pyridine rings is 1. The number of nitrogens with zero attached hydrogens (tertiary/aromatic N) is 3. The monoisotopic (exact) mass is 594 g/mol. The van der Waals surface area contributed by atoms with Gasteiger partial charge in [0.05, 0.1) is 51.3 Å². The van der Waals surface area contributed by atoms with Crippen LogP contribution in [0.25, 0.3) is 33.1 Å². The Morgan fingerprint density at radius 2 is 1.68 bits per heavy atom. The van der Waals surface area contributed by atoms with Gasteiger partial charge in [0, 0.05) is 34.5 Å². The van der Waals surface area contributed by atoms with Gasteiger partial charge in [0.1, 0.15) is 18.3 Å². The van der Waals surface area contributed by atoms with Gasteiger partial charge in [-0.05, 0) is 48.0 Å². The van der Waals surface area contributed by atoms with Gasteiger partial charge in [-0.1, -0.05) is 18.2 Å². The molecule has 224 valence electrons. The normalized spacial score (nSPS) is 11.5. The number of nitrogens with one attached hydrogen (secondary N) is 1. The summed E-state index contributed by atoms with van der Waals surface area (Å²) >= 11 is 0. The predicted molar refractivity (Wildman–Crippen MR) is 164 cm³/mol. The molecule has 44 heavy (non-hydrogen) atoms. The average Bonchev–Trinajstić information content (AvgIpc) is 3.39. The minimum Gasteiger partial charge on any atom is -0.497 e. The average molecular weight is 595 g/mol. The maximum atomic E-state index is 13.9. The highest BCUT2D eigenvalue weighted by atomic mass is 16.5. The highest BCUT2D eigenvalue weighted by molar-refractivity contribution is 6.08. The van der Waals surface area contributed by atoms with E-state index in [1.165, 1.54) is 28.4 Å². The minimum absolute atomic E-state index is 0.00604. The molecule has 0 fully saturated rings. The molecule has 0 aliphatic rings. The van der Waals surface area contributed by atoms with Crippen molar-refractivity contribution in [2.24, 2.45) is 0 Å². The van der Waals surface area contributed by atoms with Crippen molar-refractivity contribution in [3.8, 4) is 40.3 Å². The van der Waals surface area contributed by atoms with Crippen LogP contribution in [0.2, 0.25) is 0 Å². The van der Waals surface area contributed by atoms with Crippen molar-refractivity contribution >= 4 is 33.7 Å². The summed E-state index contributed by atoms with van der Waals surface area (Å²) in [6.45, 7) is 0.110. The van der Waals surface area contributed by atoms with E-state index >= 15 is 0 Å². The Kier molecular flexibility index (Phi) is 8.53. The molecule has 0 radical (unpaired) electrons. The summed E-state index contributed by atoms with van der Waals surface area (Å²) in [5.74, 6) is -0.0719. The van der Waals surface area contributed by atoms with E-state index in [0.29, 0.717) is 50.7 Å². The molecule has 2 heterocycles. The van der Waals surface area contributed by atoms with Crippen LogP contribution in [-0.4, -0.2) is 61.0 Å². The topological polar surface area (TPSA) is 145 Å². The fourth-order valence-electron chi connectivity index (χ4n) is 5.25. The molecule has 3 aromatic carbocycles. The van der Waals surface area contributed by atoms with E-state index in [1.54, 1.807) is 47.2 Å². The number of aromatic nitrogens is 2. The quantitative estimate of drug-likeness (QED) is 0.219. The molecule has 1 amide bonds. The molecule has 0 saturated heterocycles. The van der Waals surface area contributed by atoms with Crippen molar-refractivity contribution in [1.29, 1.82) is 5.26 Å². The van der Waals surface area contributed by atoms with E-state index in [9.17, 15) is 20.0 Å². The van der Waals surface area contributed by atoms with Gasteiger partial charge >= 0.3 is 5.97 Å². The van der Waals surface area contributed by atoms with E-state index in [0.717, 1.165) is 10.9 Å². The predicted octanol–water partition coefficient (Wildman–Crippen LogP) is 4.84. The van der Waals surface area contributed by atoms with Crippen LogP contribution in [-0.2, 0) is 17.8 Å². The van der Waals surface area contributed by atoms with E-state index in [4.69, 9.17) is 23.9 Å². The lowest BCUT2D eigenvalue weighted by Gasteiger charge is -2.17. The smallest absolute Gasteiger partial charge is 0.326 e. The van der Waals surface area contributed by atoms with Crippen molar-refractivity contribution < 1.29 is 33.6 Å². The second-order valence-corrected chi connectivity index (χ2v) is 9.88. The lowest BCUT2D eigenvalue weighted by molar-refractivity contribution is -0.139. The third-order valence-corrected chi connectivity index (χ3v) is 7.36. The van der Waals surface area contributed by atoms with Crippen LogP contribution >= 0.6 is 0 Å². The largest absolute Gasteiger partial charge is 0.497 e. The van der Waals surface area contributed by atoms with Gasteiger partial charge < -0.3 is 33.9 Å². The number of carboxylic acid groups (broad SMARTS) is 1. The Bertz CT molecular complexity index is 1900. The molecule has 0 spiro atoms. The van der Waals surface area contributed by atoms with E-state index in [2.05, 4.69) is 11.4 Å². The van der Waals surface area contributed by atoms with Gasteiger partial charge in [-0.2, -0.15) is 5.26 Å².